The molecule has 0 aliphatic heterocycles. The molecule has 1 aromatic rings. The van der Waals surface area contributed by atoms with E-state index < -0.39 is 5.60 Å². The van der Waals surface area contributed by atoms with Crippen LogP contribution in [0, 0.1) is 0 Å². The lowest BCUT2D eigenvalue weighted by atomic mass is 10.2. The summed E-state index contributed by atoms with van der Waals surface area (Å²) in [5.74, 6) is 0.614. The van der Waals surface area contributed by atoms with Crippen LogP contribution in [0.4, 0.5) is 4.79 Å². The van der Waals surface area contributed by atoms with Gasteiger partial charge in [0.2, 0.25) is 5.88 Å². The van der Waals surface area contributed by atoms with E-state index in [0.29, 0.717) is 12.4 Å². The van der Waals surface area contributed by atoms with Crippen LogP contribution in [0.5, 0.6) is 5.88 Å². The summed E-state index contributed by atoms with van der Waals surface area (Å²) in [5, 5.41) is 4.30. The summed E-state index contributed by atoms with van der Waals surface area (Å²) in [6, 6.07) is 0. The van der Waals surface area contributed by atoms with Crippen molar-refractivity contribution in [2.45, 2.75) is 46.3 Å². The van der Waals surface area contributed by atoms with Gasteiger partial charge >= 0.3 is 6.09 Å². The van der Waals surface area contributed by atoms with Gasteiger partial charge in [-0.25, -0.2) is 4.79 Å². The fraction of sp³-hybridized carbons (Fsp3) is 0.714. The van der Waals surface area contributed by atoms with E-state index in [1.807, 2.05) is 34.7 Å². The van der Waals surface area contributed by atoms with E-state index >= 15 is 0 Å². The molecule has 0 fully saturated rings. The molecule has 0 spiro atoms. The standard InChI is InChI=1S/C14H25N3O3/c1-8-10-11(17(6)15-12(10)19-7)9-16(5)13(18)20-14(2,3)4/h8-9H2,1-7H3. The van der Waals surface area contributed by atoms with Crippen molar-refractivity contribution in [3.05, 3.63) is 11.3 Å². The Morgan fingerprint density at radius 1 is 1.40 bits per heavy atom. The van der Waals surface area contributed by atoms with E-state index in [9.17, 15) is 4.79 Å². The number of carbonyl (C=O) groups is 1. The van der Waals surface area contributed by atoms with Crippen LogP contribution in [0.1, 0.15) is 39.0 Å². The molecule has 0 aliphatic rings. The fourth-order valence-corrected chi connectivity index (χ4v) is 1.92. The molecule has 6 nitrogen and oxygen atoms in total. The zero-order valence-corrected chi connectivity index (χ0v) is 13.5. The average Bonchev–Trinajstić information content (AvgIpc) is 2.63. The van der Waals surface area contributed by atoms with Crippen molar-refractivity contribution < 1.29 is 14.3 Å². The lowest BCUT2D eigenvalue weighted by Gasteiger charge is -2.24. The molecule has 20 heavy (non-hydrogen) atoms. The highest BCUT2D eigenvalue weighted by molar-refractivity contribution is 5.67. The highest BCUT2D eigenvalue weighted by Crippen LogP contribution is 2.23. The highest BCUT2D eigenvalue weighted by Gasteiger charge is 2.22. The molecule has 1 amide bonds. The number of rotatable bonds is 4. The highest BCUT2D eigenvalue weighted by atomic mass is 16.6. The van der Waals surface area contributed by atoms with Crippen LogP contribution in [-0.4, -0.2) is 40.5 Å². The van der Waals surface area contributed by atoms with Gasteiger partial charge < -0.3 is 14.4 Å². The second kappa shape index (κ2) is 6.15. The van der Waals surface area contributed by atoms with Crippen molar-refractivity contribution in [1.82, 2.24) is 14.7 Å². The third-order valence-corrected chi connectivity index (χ3v) is 2.88. The number of aromatic nitrogens is 2. The molecule has 0 saturated heterocycles. The van der Waals surface area contributed by atoms with Gasteiger partial charge in [-0.1, -0.05) is 6.92 Å². The first-order valence-corrected chi connectivity index (χ1v) is 6.72. The molecule has 0 bridgehead atoms. The van der Waals surface area contributed by atoms with Gasteiger partial charge in [-0.15, -0.1) is 5.10 Å². The van der Waals surface area contributed by atoms with E-state index in [2.05, 4.69) is 5.10 Å². The number of amides is 1. The normalized spacial score (nSPS) is 11.3. The van der Waals surface area contributed by atoms with E-state index in [1.54, 1.807) is 23.7 Å². The van der Waals surface area contributed by atoms with Crippen molar-refractivity contribution in [1.29, 1.82) is 0 Å². The summed E-state index contributed by atoms with van der Waals surface area (Å²) in [4.78, 5) is 13.5. The molecule has 114 valence electrons. The van der Waals surface area contributed by atoms with Crippen LogP contribution in [0.25, 0.3) is 0 Å². The van der Waals surface area contributed by atoms with Crippen molar-refractivity contribution >= 4 is 6.09 Å². The summed E-state index contributed by atoms with van der Waals surface area (Å²) in [5.41, 5.74) is 1.48. The predicted octanol–water partition coefficient (Wildman–Crippen LogP) is 2.36. The molecule has 1 heterocycles. The molecule has 0 radical (unpaired) electrons. The van der Waals surface area contributed by atoms with Crippen LogP contribution in [0.2, 0.25) is 0 Å². The number of methoxy groups -OCH3 is 1. The van der Waals surface area contributed by atoms with Crippen LogP contribution in [0.15, 0.2) is 0 Å². The van der Waals surface area contributed by atoms with Crippen molar-refractivity contribution in [3.8, 4) is 5.88 Å². The van der Waals surface area contributed by atoms with Gasteiger partial charge in [-0.05, 0) is 27.2 Å². The molecule has 0 aromatic carbocycles. The molecule has 0 saturated carbocycles. The Bertz CT molecular complexity index is 475. The first kappa shape index (κ1) is 16.3. The van der Waals surface area contributed by atoms with Gasteiger partial charge in [0, 0.05) is 19.7 Å². The molecule has 1 aromatic heterocycles. The first-order valence-electron chi connectivity index (χ1n) is 6.72. The van der Waals surface area contributed by atoms with E-state index in [1.165, 1.54) is 0 Å². The zero-order chi connectivity index (χ0) is 15.5. The van der Waals surface area contributed by atoms with E-state index in [-0.39, 0.29) is 6.09 Å². The van der Waals surface area contributed by atoms with Gasteiger partial charge in [-0.2, -0.15) is 0 Å². The smallest absolute Gasteiger partial charge is 0.410 e. The number of nitrogens with zero attached hydrogens (tertiary/aromatic N) is 3. The van der Waals surface area contributed by atoms with Gasteiger partial charge in [-0.3, -0.25) is 4.68 Å². The second-order valence-corrected chi connectivity index (χ2v) is 5.75. The Balaban J connectivity index is 2.88. The predicted molar refractivity (Wildman–Crippen MR) is 76.8 cm³/mol. The second-order valence-electron chi connectivity index (χ2n) is 5.75. The monoisotopic (exact) mass is 283 g/mol. The topological polar surface area (TPSA) is 56.6 Å². The average molecular weight is 283 g/mol. The third-order valence-electron chi connectivity index (χ3n) is 2.88. The quantitative estimate of drug-likeness (QED) is 0.851. The maximum absolute atomic E-state index is 12.0. The summed E-state index contributed by atoms with van der Waals surface area (Å²) in [7, 11) is 5.16. The number of hydrogen-bond donors (Lipinski definition) is 0. The van der Waals surface area contributed by atoms with Crippen LogP contribution in [0.3, 0.4) is 0 Å². The minimum Gasteiger partial charge on any atom is -0.480 e. The summed E-state index contributed by atoms with van der Waals surface area (Å²) >= 11 is 0. The molecule has 1 rings (SSSR count). The summed E-state index contributed by atoms with van der Waals surface area (Å²) < 4.78 is 12.3. The largest absolute Gasteiger partial charge is 0.480 e. The van der Waals surface area contributed by atoms with Gasteiger partial charge in [0.05, 0.1) is 19.3 Å². The Morgan fingerprint density at radius 2 is 2.00 bits per heavy atom. The molecule has 0 N–H and O–H groups in total. The maximum Gasteiger partial charge on any atom is 0.410 e. The van der Waals surface area contributed by atoms with E-state index in [4.69, 9.17) is 9.47 Å². The SMILES string of the molecule is CCc1c(OC)nn(C)c1CN(C)C(=O)OC(C)(C)C. The lowest BCUT2D eigenvalue weighted by Crippen LogP contribution is -2.34. The summed E-state index contributed by atoms with van der Waals surface area (Å²) in [6.45, 7) is 8.03. The van der Waals surface area contributed by atoms with Crippen LogP contribution >= 0.6 is 0 Å². The van der Waals surface area contributed by atoms with Crippen LogP contribution < -0.4 is 4.74 Å². The zero-order valence-electron chi connectivity index (χ0n) is 13.5. The number of ether oxygens (including phenoxy) is 2. The molecule has 6 heteroatoms. The number of hydrogen-bond acceptors (Lipinski definition) is 4. The Hall–Kier alpha value is -1.72. The van der Waals surface area contributed by atoms with Gasteiger partial charge in [0.1, 0.15) is 5.60 Å². The summed E-state index contributed by atoms with van der Waals surface area (Å²) in [6.07, 6.45) is 0.453. The van der Waals surface area contributed by atoms with Gasteiger partial charge in [0.15, 0.2) is 0 Å². The maximum atomic E-state index is 12.0. The molecule has 0 unspecified atom stereocenters. The van der Waals surface area contributed by atoms with Gasteiger partial charge in [0.25, 0.3) is 0 Å². The molecular weight excluding hydrogens is 258 g/mol. The fourth-order valence-electron chi connectivity index (χ4n) is 1.92. The Kier molecular flexibility index (Phi) is 5.03. The first-order chi connectivity index (χ1) is 9.19. The minimum absolute atomic E-state index is 0.347. The minimum atomic E-state index is -0.497. The number of aryl methyl sites for hydroxylation is 1. The lowest BCUT2D eigenvalue weighted by molar-refractivity contribution is 0.0281. The van der Waals surface area contributed by atoms with Crippen LogP contribution in [-0.2, 0) is 24.8 Å². The number of carbonyl (C=O) groups excluding carboxylic acids is 1. The molecular formula is C14H25N3O3. The van der Waals surface area contributed by atoms with E-state index in [0.717, 1.165) is 17.7 Å². The van der Waals surface area contributed by atoms with Crippen molar-refractivity contribution in [2.75, 3.05) is 14.2 Å². The Morgan fingerprint density at radius 3 is 2.45 bits per heavy atom. The Labute approximate surface area is 120 Å². The van der Waals surface area contributed by atoms with Crippen molar-refractivity contribution in [3.63, 3.8) is 0 Å². The van der Waals surface area contributed by atoms with Crippen molar-refractivity contribution in [2.24, 2.45) is 7.05 Å². The third kappa shape index (κ3) is 3.88. The molecule has 0 atom stereocenters. The molecule has 0 aliphatic carbocycles.